The van der Waals surface area contributed by atoms with Crippen molar-refractivity contribution in [2.75, 3.05) is 0 Å². The third-order valence-electron chi connectivity index (χ3n) is 2.75. The van der Waals surface area contributed by atoms with Gasteiger partial charge in [-0.05, 0) is 6.92 Å². The number of imidazole rings is 1. The predicted molar refractivity (Wildman–Crippen MR) is 71.2 cm³/mol. The maximum atomic E-state index is 4.38. The van der Waals surface area contributed by atoms with Gasteiger partial charge in [-0.3, -0.25) is 4.68 Å². The highest BCUT2D eigenvalue weighted by Gasteiger charge is 2.02. The van der Waals surface area contributed by atoms with Crippen LogP contribution < -0.4 is 5.32 Å². The van der Waals surface area contributed by atoms with Crippen molar-refractivity contribution in [3.8, 4) is 0 Å². The molecule has 0 saturated carbocycles. The minimum Gasteiger partial charge on any atom is -0.333 e. The molecular weight excluding hydrogens is 226 g/mol. The second-order valence-corrected chi connectivity index (χ2v) is 4.78. The Hall–Kier alpha value is -1.62. The fourth-order valence-corrected chi connectivity index (χ4v) is 1.76. The molecule has 2 rings (SSSR count). The summed E-state index contributed by atoms with van der Waals surface area (Å²) < 4.78 is 4.03. The van der Waals surface area contributed by atoms with E-state index in [9.17, 15) is 0 Å². The Morgan fingerprint density at radius 3 is 2.83 bits per heavy atom. The lowest BCUT2D eigenvalue weighted by Crippen LogP contribution is -2.21. The molecule has 5 nitrogen and oxygen atoms in total. The van der Waals surface area contributed by atoms with Crippen LogP contribution in [0, 0.1) is 0 Å². The summed E-state index contributed by atoms with van der Waals surface area (Å²) in [6.07, 6.45) is 7.95. The van der Waals surface area contributed by atoms with E-state index in [0.717, 1.165) is 25.3 Å². The predicted octanol–water partition coefficient (Wildman–Crippen LogP) is 1.65. The van der Waals surface area contributed by atoms with E-state index < -0.39 is 0 Å². The van der Waals surface area contributed by atoms with Crippen LogP contribution in [0.1, 0.15) is 32.0 Å². The highest BCUT2D eigenvalue weighted by molar-refractivity contribution is 5.06. The van der Waals surface area contributed by atoms with Gasteiger partial charge < -0.3 is 9.88 Å². The van der Waals surface area contributed by atoms with E-state index in [1.54, 1.807) is 0 Å². The van der Waals surface area contributed by atoms with E-state index in [4.69, 9.17) is 0 Å². The van der Waals surface area contributed by atoms with Gasteiger partial charge in [0.1, 0.15) is 0 Å². The molecule has 98 valence electrons. The SMILES string of the molecule is CCn1cc(Cn2cnc(CNC(C)C)c2)cn1. The number of rotatable bonds is 6. The van der Waals surface area contributed by atoms with Gasteiger partial charge in [-0.15, -0.1) is 0 Å². The lowest BCUT2D eigenvalue weighted by atomic mass is 10.3. The number of hydrogen-bond donors (Lipinski definition) is 1. The summed E-state index contributed by atoms with van der Waals surface area (Å²) in [6, 6.07) is 0.484. The van der Waals surface area contributed by atoms with E-state index in [-0.39, 0.29) is 0 Å². The van der Waals surface area contributed by atoms with Crippen molar-refractivity contribution in [3.63, 3.8) is 0 Å². The lowest BCUT2D eigenvalue weighted by molar-refractivity contribution is 0.582. The molecule has 0 fully saturated rings. The van der Waals surface area contributed by atoms with Crippen LogP contribution in [0.15, 0.2) is 24.9 Å². The van der Waals surface area contributed by atoms with Crippen LogP contribution in [0.5, 0.6) is 0 Å². The quantitative estimate of drug-likeness (QED) is 0.844. The zero-order valence-corrected chi connectivity index (χ0v) is 11.3. The van der Waals surface area contributed by atoms with Gasteiger partial charge >= 0.3 is 0 Å². The molecule has 0 radical (unpaired) electrons. The summed E-state index contributed by atoms with van der Waals surface area (Å²) in [7, 11) is 0. The van der Waals surface area contributed by atoms with Crippen LogP contribution >= 0.6 is 0 Å². The summed E-state index contributed by atoms with van der Waals surface area (Å²) in [5.41, 5.74) is 2.28. The van der Waals surface area contributed by atoms with Crippen LogP contribution in [0.25, 0.3) is 0 Å². The van der Waals surface area contributed by atoms with Gasteiger partial charge in [0, 0.05) is 37.1 Å². The summed E-state index contributed by atoms with van der Waals surface area (Å²) in [5, 5.41) is 7.63. The molecular formula is C13H21N5. The van der Waals surface area contributed by atoms with Crippen molar-refractivity contribution in [2.24, 2.45) is 0 Å². The Bertz CT molecular complexity index is 483. The highest BCUT2D eigenvalue weighted by Crippen LogP contribution is 2.03. The molecule has 0 spiro atoms. The second kappa shape index (κ2) is 5.82. The Balaban J connectivity index is 1.93. The van der Waals surface area contributed by atoms with Crippen molar-refractivity contribution < 1.29 is 0 Å². The van der Waals surface area contributed by atoms with Crippen molar-refractivity contribution in [2.45, 2.75) is 46.4 Å². The molecule has 0 atom stereocenters. The first-order valence-electron chi connectivity index (χ1n) is 6.42. The normalized spacial score (nSPS) is 11.3. The van der Waals surface area contributed by atoms with Gasteiger partial charge in [0.2, 0.25) is 0 Å². The van der Waals surface area contributed by atoms with Gasteiger partial charge in [-0.25, -0.2) is 4.98 Å². The van der Waals surface area contributed by atoms with Gasteiger partial charge in [-0.1, -0.05) is 13.8 Å². The topological polar surface area (TPSA) is 47.7 Å². The van der Waals surface area contributed by atoms with Gasteiger partial charge in [-0.2, -0.15) is 5.10 Å². The molecule has 0 aromatic carbocycles. The molecule has 0 amide bonds. The maximum Gasteiger partial charge on any atom is 0.0953 e. The van der Waals surface area contributed by atoms with Gasteiger partial charge in [0.15, 0.2) is 0 Å². The van der Waals surface area contributed by atoms with Crippen LogP contribution in [0.2, 0.25) is 0 Å². The lowest BCUT2D eigenvalue weighted by Gasteiger charge is -2.04. The Labute approximate surface area is 108 Å². The average molecular weight is 247 g/mol. The van der Waals surface area contributed by atoms with Gasteiger partial charge in [0.05, 0.1) is 24.8 Å². The molecule has 18 heavy (non-hydrogen) atoms. The minimum absolute atomic E-state index is 0.484. The molecule has 0 bridgehead atoms. The molecule has 2 heterocycles. The standard InChI is InChI=1S/C13H21N5/c1-4-18-8-12(5-16-18)7-17-9-13(15-10-17)6-14-11(2)3/h5,8-11,14H,4,6-7H2,1-3H3. The summed E-state index contributed by atoms with van der Waals surface area (Å²) >= 11 is 0. The second-order valence-electron chi connectivity index (χ2n) is 4.78. The monoisotopic (exact) mass is 247 g/mol. The molecule has 0 aliphatic rings. The average Bonchev–Trinajstić information content (AvgIpc) is 2.96. The molecule has 0 aliphatic heterocycles. The largest absolute Gasteiger partial charge is 0.333 e. The molecule has 5 heteroatoms. The number of nitrogens with zero attached hydrogens (tertiary/aromatic N) is 4. The van der Waals surface area contributed by atoms with Crippen molar-refractivity contribution >= 4 is 0 Å². The number of hydrogen-bond acceptors (Lipinski definition) is 3. The van der Waals surface area contributed by atoms with E-state index in [1.165, 1.54) is 5.56 Å². The van der Waals surface area contributed by atoms with Crippen molar-refractivity contribution in [1.29, 1.82) is 0 Å². The molecule has 2 aromatic heterocycles. The molecule has 2 aromatic rings. The fourth-order valence-electron chi connectivity index (χ4n) is 1.76. The smallest absolute Gasteiger partial charge is 0.0953 e. The van der Waals surface area contributed by atoms with Crippen LogP contribution in [0.4, 0.5) is 0 Å². The van der Waals surface area contributed by atoms with E-state index in [0.29, 0.717) is 6.04 Å². The molecule has 1 N–H and O–H groups in total. The molecule has 0 aliphatic carbocycles. The molecule has 0 saturated heterocycles. The zero-order valence-electron chi connectivity index (χ0n) is 11.3. The Morgan fingerprint density at radius 1 is 1.33 bits per heavy atom. The van der Waals surface area contributed by atoms with Crippen molar-refractivity contribution in [3.05, 3.63) is 36.2 Å². The van der Waals surface area contributed by atoms with Crippen LogP contribution in [0.3, 0.4) is 0 Å². The third kappa shape index (κ3) is 3.43. The van der Waals surface area contributed by atoms with Crippen LogP contribution in [-0.4, -0.2) is 25.4 Å². The Kier molecular flexibility index (Phi) is 4.15. The summed E-state index contributed by atoms with van der Waals surface area (Å²) in [4.78, 5) is 4.38. The summed E-state index contributed by atoms with van der Waals surface area (Å²) in [6.45, 7) is 8.91. The number of aryl methyl sites for hydroxylation is 1. The Morgan fingerprint density at radius 2 is 2.17 bits per heavy atom. The minimum atomic E-state index is 0.484. The first-order chi connectivity index (χ1) is 8.67. The van der Waals surface area contributed by atoms with Gasteiger partial charge in [0.25, 0.3) is 0 Å². The van der Waals surface area contributed by atoms with E-state index >= 15 is 0 Å². The first kappa shape index (κ1) is 12.8. The fraction of sp³-hybridized carbons (Fsp3) is 0.538. The summed E-state index contributed by atoms with van der Waals surface area (Å²) in [5.74, 6) is 0. The number of nitrogens with one attached hydrogen (secondary N) is 1. The van der Waals surface area contributed by atoms with E-state index in [2.05, 4.69) is 53.1 Å². The zero-order chi connectivity index (χ0) is 13.0. The van der Waals surface area contributed by atoms with Crippen molar-refractivity contribution in [1.82, 2.24) is 24.6 Å². The maximum absolute atomic E-state index is 4.38. The first-order valence-corrected chi connectivity index (χ1v) is 6.42. The van der Waals surface area contributed by atoms with Crippen LogP contribution in [-0.2, 0) is 19.6 Å². The highest BCUT2D eigenvalue weighted by atomic mass is 15.3. The molecule has 0 unspecified atom stereocenters. The number of aromatic nitrogens is 4. The van der Waals surface area contributed by atoms with E-state index in [1.807, 2.05) is 17.2 Å². The third-order valence-corrected chi connectivity index (χ3v) is 2.75.